The van der Waals surface area contributed by atoms with Crippen molar-refractivity contribution >= 4 is 5.97 Å². The predicted molar refractivity (Wildman–Crippen MR) is 46.7 cm³/mol. The highest BCUT2D eigenvalue weighted by molar-refractivity contribution is 5.83. The molecule has 0 bridgehead atoms. The fourth-order valence-corrected chi connectivity index (χ4v) is 1.05. The molecule has 1 aromatic carbocycles. The highest BCUT2D eigenvalue weighted by Crippen LogP contribution is 2.17. The third-order valence-electron chi connectivity index (χ3n) is 1.69. The highest BCUT2D eigenvalue weighted by atomic mass is 19.1. The van der Waals surface area contributed by atoms with Crippen LogP contribution in [0.15, 0.2) is 28.8 Å². The Labute approximate surface area is 83.2 Å². The summed E-state index contributed by atoms with van der Waals surface area (Å²) in [5.74, 6) is -2.22. The first-order valence-electron chi connectivity index (χ1n) is 4.00. The Kier molecular flexibility index (Phi) is 2.17. The Balaban J connectivity index is 2.41. The molecule has 0 atom stereocenters. The van der Waals surface area contributed by atoms with Crippen molar-refractivity contribution < 1.29 is 18.8 Å². The Hall–Kier alpha value is -2.24. The maximum Gasteiger partial charge on any atom is 0.377 e. The topological polar surface area (TPSA) is 76.2 Å². The summed E-state index contributed by atoms with van der Waals surface area (Å²) in [6.45, 7) is 0. The molecule has 0 aliphatic rings. The molecule has 0 radical (unpaired) electrons. The Morgan fingerprint density at radius 2 is 2.27 bits per heavy atom. The highest BCUT2D eigenvalue weighted by Gasteiger charge is 2.14. The summed E-state index contributed by atoms with van der Waals surface area (Å²) in [6.07, 6.45) is 0. The van der Waals surface area contributed by atoms with E-state index in [1.165, 1.54) is 18.2 Å². The van der Waals surface area contributed by atoms with Crippen LogP contribution in [0, 0.1) is 5.82 Å². The van der Waals surface area contributed by atoms with E-state index in [4.69, 9.17) is 5.11 Å². The van der Waals surface area contributed by atoms with Gasteiger partial charge in [0.1, 0.15) is 5.82 Å². The van der Waals surface area contributed by atoms with Gasteiger partial charge >= 0.3 is 5.97 Å². The van der Waals surface area contributed by atoms with Gasteiger partial charge in [-0.1, -0.05) is 6.07 Å². The quantitative estimate of drug-likeness (QED) is 0.810. The lowest BCUT2D eigenvalue weighted by Crippen LogP contribution is -1.98. The van der Waals surface area contributed by atoms with Crippen molar-refractivity contribution in [3.05, 3.63) is 35.9 Å². The molecule has 0 aliphatic carbocycles. The molecule has 2 rings (SSSR count). The molecule has 0 spiro atoms. The maximum atomic E-state index is 12.8. The number of carboxylic acid groups (broad SMARTS) is 1. The second-order valence-corrected chi connectivity index (χ2v) is 2.74. The van der Waals surface area contributed by atoms with E-state index in [1.54, 1.807) is 6.07 Å². The summed E-state index contributed by atoms with van der Waals surface area (Å²) in [6, 6.07) is 5.45. The van der Waals surface area contributed by atoms with Crippen molar-refractivity contribution in [1.82, 2.24) is 10.1 Å². The number of aromatic carboxylic acids is 1. The monoisotopic (exact) mass is 208 g/mol. The molecule has 0 fully saturated rings. The van der Waals surface area contributed by atoms with Crippen molar-refractivity contribution in [3.8, 4) is 11.5 Å². The van der Waals surface area contributed by atoms with Crippen LogP contribution >= 0.6 is 0 Å². The van der Waals surface area contributed by atoms with Gasteiger partial charge < -0.3 is 9.63 Å². The average Bonchev–Trinajstić information content (AvgIpc) is 2.66. The van der Waals surface area contributed by atoms with Gasteiger partial charge in [0.15, 0.2) is 0 Å². The van der Waals surface area contributed by atoms with E-state index in [1.807, 2.05) is 0 Å². The lowest BCUT2D eigenvalue weighted by atomic mass is 10.2. The summed E-state index contributed by atoms with van der Waals surface area (Å²) in [4.78, 5) is 14.0. The second kappa shape index (κ2) is 3.49. The van der Waals surface area contributed by atoms with Crippen LogP contribution in [0.3, 0.4) is 0 Å². The third-order valence-corrected chi connectivity index (χ3v) is 1.69. The summed E-state index contributed by atoms with van der Waals surface area (Å²) in [5, 5.41) is 11.8. The van der Waals surface area contributed by atoms with E-state index in [9.17, 15) is 9.18 Å². The van der Waals surface area contributed by atoms with Gasteiger partial charge in [-0.05, 0) is 23.4 Å². The second-order valence-electron chi connectivity index (χ2n) is 2.74. The molecule has 2 aromatic rings. The molecule has 1 aromatic heterocycles. The normalized spacial score (nSPS) is 10.2. The van der Waals surface area contributed by atoms with E-state index >= 15 is 0 Å². The molecule has 6 heteroatoms. The minimum Gasteiger partial charge on any atom is -0.475 e. The van der Waals surface area contributed by atoms with Crippen LogP contribution in [-0.4, -0.2) is 21.2 Å². The first-order valence-corrected chi connectivity index (χ1v) is 4.00. The van der Waals surface area contributed by atoms with Crippen LogP contribution in [0.4, 0.5) is 4.39 Å². The van der Waals surface area contributed by atoms with Crippen LogP contribution in [0.5, 0.6) is 0 Å². The molecule has 0 unspecified atom stereocenters. The zero-order chi connectivity index (χ0) is 10.8. The zero-order valence-electron chi connectivity index (χ0n) is 7.35. The van der Waals surface area contributed by atoms with Crippen molar-refractivity contribution in [3.63, 3.8) is 0 Å². The fourth-order valence-electron chi connectivity index (χ4n) is 1.05. The van der Waals surface area contributed by atoms with Gasteiger partial charge in [0.2, 0.25) is 0 Å². The number of aromatic nitrogens is 2. The minimum absolute atomic E-state index is 0.0214. The Morgan fingerprint density at radius 1 is 1.47 bits per heavy atom. The van der Waals surface area contributed by atoms with Gasteiger partial charge in [0.05, 0.1) is 0 Å². The maximum absolute atomic E-state index is 12.8. The largest absolute Gasteiger partial charge is 0.475 e. The van der Waals surface area contributed by atoms with E-state index in [2.05, 4.69) is 14.7 Å². The molecule has 76 valence electrons. The van der Waals surface area contributed by atoms with Crippen molar-refractivity contribution in [2.75, 3.05) is 0 Å². The summed E-state index contributed by atoms with van der Waals surface area (Å²) >= 11 is 0. The molecule has 15 heavy (non-hydrogen) atoms. The number of rotatable bonds is 2. The molecule has 0 aliphatic heterocycles. The Bertz CT molecular complexity index is 510. The average molecular weight is 208 g/mol. The summed E-state index contributed by atoms with van der Waals surface area (Å²) in [7, 11) is 0. The van der Waals surface area contributed by atoms with Gasteiger partial charge in [-0.2, -0.15) is 4.98 Å². The number of carbonyl (C=O) groups is 1. The summed E-state index contributed by atoms with van der Waals surface area (Å²) in [5.41, 5.74) is 0.343. The van der Waals surface area contributed by atoms with E-state index < -0.39 is 17.6 Å². The summed E-state index contributed by atoms with van der Waals surface area (Å²) < 4.78 is 17.5. The molecule has 0 saturated heterocycles. The van der Waals surface area contributed by atoms with Crippen LogP contribution in [0.2, 0.25) is 0 Å². The van der Waals surface area contributed by atoms with Gasteiger partial charge in [-0.3, -0.25) is 0 Å². The minimum atomic E-state index is -1.29. The van der Waals surface area contributed by atoms with Crippen molar-refractivity contribution in [2.45, 2.75) is 0 Å². The van der Waals surface area contributed by atoms with E-state index in [0.717, 1.165) is 0 Å². The van der Waals surface area contributed by atoms with E-state index in [-0.39, 0.29) is 5.89 Å². The van der Waals surface area contributed by atoms with Crippen LogP contribution in [0.25, 0.3) is 11.5 Å². The van der Waals surface area contributed by atoms with Crippen LogP contribution in [-0.2, 0) is 0 Å². The number of halogens is 1. The number of hydrogen-bond donors (Lipinski definition) is 1. The first-order chi connectivity index (χ1) is 7.16. The third kappa shape index (κ3) is 1.83. The predicted octanol–water partition coefficient (Wildman–Crippen LogP) is 1.57. The number of carboxylic acids is 1. The van der Waals surface area contributed by atoms with Gasteiger partial charge in [-0.25, -0.2) is 9.18 Å². The van der Waals surface area contributed by atoms with E-state index in [0.29, 0.717) is 5.56 Å². The smallest absolute Gasteiger partial charge is 0.377 e. The molecular formula is C9H5FN2O3. The molecule has 1 heterocycles. The number of hydrogen-bond acceptors (Lipinski definition) is 4. The fraction of sp³-hybridized carbons (Fsp3) is 0. The van der Waals surface area contributed by atoms with Crippen LogP contribution in [0.1, 0.15) is 10.6 Å². The molecular weight excluding hydrogens is 203 g/mol. The van der Waals surface area contributed by atoms with Gasteiger partial charge in [0.25, 0.3) is 11.7 Å². The lowest BCUT2D eigenvalue weighted by Gasteiger charge is -1.92. The molecule has 5 nitrogen and oxygen atoms in total. The Morgan fingerprint density at radius 3 is 2.87 bits per heavy atom. The van der Waals surface area contributed by atoms with Gasteiger partial charge in [0, 0.05) is 5.56 Å². The van der Waals surface area contributed by atoms with Crippen molar-refractivity contribution in [1.29, 1.82) is 0 Å². The lowest BCUT2D eigenvalue weighted by molar-refractivity contribution is 0.0680. The first kappa shape index (κ1) is 9.32. The molecule has 0 saturated carbocycles. The number of benzene rings is 1. The van der Waals surface area contributed by atoms with Gasteiger partial charge in [-0.15, -0.1) is 0 Å². The SMILES string of the molecule is O=C(O)c1noc(-c2cccc(F)c2)n1. The van der Waals surface area contributed by atoms with Crippen molar-refractivity contribution in [2.24, 2.45) is 0 Å². The zero-order valence-corrected chi connectivity index (χ0v) is 7.35. The standard InChI is InChI=1S/C9H5FN2O3/c10-6-3-1-2-5(4-6)8-11-7(9(13)14)12-15-8/h1-4H,(H,13,14). The number of nitrogens with zero attached hydrogens (tertiary/aromatic N) is 2. The van der Waals surface area contributed by atoms with Crippen LogP contribution < -0.4 is 0 Å². The molecule has 1 N–H and O–H groups in total. The molecule has 0 amide bonds.